The SMILES string of the molecule is COc1ccc(-c2c(N)noc2-c2ccoc2Br)cc1. The Morgan fingerprint density at radius 1 is 1.20 bits per heavy atom. The highest BCUT2D eigenvalue weighted by Gasteiger charge is 2.20. The Kier molecular flexibility index (Phi) is 3.23. The molecule has 20 heavy (non-hydrogen) atoms. The minimum Gasteiger partial charge on any atom is -0.497 e. The molecule has 5 nitrogen and oxygen atoms in total. The van der Waals surface area contributed by atoms with Crippen LogP contribution in [0.4, 0.5) is 5.82 Å². The smallest absolute Gasteiger partial charge is 0.181 e. The van der Waals surface area contributed by atoms with E-state index in [2.05, 4.69) is 21.1 Å². The van der Waals surface area contributed by atoms with Gasteiger partial charge in [0.2, 0.25) is 0 Å². The topological polar surface area (TPSA) is 74.4 Å². The number of nitrogens with zero attached hydrogens (tertiary/aromatic N) is 1. The van der Waals surface area contributed by atoms with Crippen molar-refractivity contribution < 1.29 is 13.7 Å². The van der Waals surface area contributed by atoms with E-state index < -0.39 is 0 Å². The monoisotopic (exact) mass is 334 g/mol. The molecule has 2 aromatic heterocycles. The van der Waals surface area contributed by atoms with Crippen LogP contribution in [-0.4, -0.2) is 12.3 Å². The maximum Gasteiger partial charge on any atom is 0.181 e. The molecule has 0 spiro atoms. The quantitative estimate of drug-likeness (QED) is 0.784. The van der Waals surface area contributed by atoms with Crippen molar-refractivity contribution >= 4 is 21.7 Å². The highest BCUT2D eigenvalue weighted by Crippen LogP contribution is 2.40. The van der Waals surface area contributed by atoms with Crippen LogP contribution in [0.1, 0.15) is 0 Å². The maximum absolute atomic E-state index is 5.92. The number of methoxy groups -OCH3 is 1. The van der Waals surface area contributed by atoms with E-state index in [4.69, 9.17) is 19.4 Å². The first-order valence-electron chi connectivity index (χ1n) is 5.83. The summed E-state index contributed by atoms with van der Waals surface area (Å²) in [6.45, 7) is 0. The van der Waals surface area contributed by atoms with Crippen LogP contribution in [0.2, 0.25) is 0 Å². The zero-order valence-corrected chi connectivity index (χ0v) is 12.2. The Morgan fingerprint density at radius 2 is 1.95 bits per heavy atom. The Bertz CT molecular complexity index is 731. The summed E-state index contributed by atoms with van der Waals surface area (Å²) in [7, 11) is 1.62. The fraction of sp³-hybridized carbons (Fsp3) is 0.0714. The van der Waals surface area contributed by atoms with Crippen molar-refractivity contribution in [3.63, 3.8) is 0 Å². The van der Waals surface area contributed by atoms with Crippen LogP contribution >= 0.6 is 15.9 Å². The van der Waals surface area contributed by atoms with Gasteiger partial charge in [-0.25, -0.2) is 0 Å². The van der Waals surface area contributed by atoms with Gasteiger partial charge in [-0.2, -0.15) is 0 Å². The predicted molar refractivity (Wildman–Crippen MR) is 78.3 cm³/mol. The highest BCUT2D eigenvalue weighted by molar-refractivity contribution is 9.10. The van der Waals surface area contributed by atoms with Gasteiger partial charge in [-0.15, -0.1) is 0 Å². The summed E-state index contributed by atoms with van der Waals surface area (Å²) in [5, 5.41) is 3.84. The third-order valence-electron chi connectivity index (χ3n) is 2.96. The molecule has 3 rings (SSSR count). The Balaban J connectivity index is 2.13. The molecule has 0 bridgehead atoms. The average molecular weight is 335 g/mol. The second-order valence-electron chi connectivity index (χ2n) is 4.11. The van der Waals surface area contributed by atoms with E-state index in [1.54, 1.807) is 19.4 Å². The largest absolute Gasteiger partial charge is 0.497 e. The number of hydrogen-bond acceptors (Lipinski definition) is 5. The minimum absolute atomic E-state index is 0.332. The zero-order valence-electron chi connectivity index (χ0n) is 10.6. The predicted octanol–water partition coefficient (Wildman–Crippen LogP) is 3.95. The van der Waals surface area contributed by atoms with Crippen molar-refractivity contribution in [3.05, 3.63) is 41.3 Å². The van der Waals surface area contributed by atoms with Crippen LogP contribution in [0.5, 0.6) is 5.75 Å². The van der Waals surface area contributed by atoms with Crippen LogP contribution in [0.25, 0.3) is 22.5 Å². The summed E-state index contributed by atoms with van der Waals surface area (Å²) < 4.78 is 16.3. The molecule has 0 aliphatic rings. The van der Waals surface area contributed by atoms with Crippen molar-refractivity contribution in [2.24, 2.45) is 0 Å². The first-order chi connectivity index (χ1) is 9.70. The summed E-state index contributed by atoms with van der Waals surface area (Å²) in [4.78, 5) is 0. The Labute approximate surface area is 123 Å². The molecule has 0 fully saturated rings. The average Bonchev–Trinajstić information content (AvgIpc) is 3.05. The van der Waals surface area contributed by atoms with Gasteiger partial charge in [0, 0.05) is 0 Å². The van der Waals surface area contributed by atoms with E-state index in [1.807, 2.05) is 24.3 Å². The Hall–Kier alpha value is -2.21. The lowest BCUT2D eigenvalue weighted by Crippen LogP contribution is -1.89. The number of halogens is 1. The van der Waals surface area contributed by atoms with Crippen molar-refractivity contribution in [1.29, 1.82) is 0 Å². The van der Waals surface area contributed by atoms with Crippen LogP contribution < -0.4 is 10.5 Å². The molecule has 6 heteroatoms. The van der Waals surface area contributed by atoms with Crippen molar-refractivity contribution in [2.45, 2.75) is 0 Å². The molecule has 102 valence electrons. The summed E-state index contributed by atoms with van der Waals surface area (Å²) in [6.07, 6.45) is 1.57. The van der Waals surface area contributed by atoms with Gasteiger partial charge < -0.3 is 19.4 Å². The van der Waals surface area contributed by atoms with Gasteiger partial charge >= 0.3 is 0 Å². The number of benzene rings is 1. The molecule has 0 radical (unpaired) electrons. The fourth-order valence-electron chi connectivity index (χ4n) is 1.98. The first kappa shape index (κ1) is 12.8. The van der Waals surface area contributed by atoms with Gasteiger partial charge in [0.25, 0.3) is 0 Å². The molecule has 0 aliphatic carbocycles. The molecule has 0 saturated heterocycles. The van der Waals surface area contributed by atoms with Gasteiger partial charge in [0.1, 0.15) is 5.75 Å². The van der Waals surface area contributed by atoms with E-state index in [9.17, 15) is 0 Å². The molecule has 0 atom stereocenters. The van der Waals surface area contributed by atoms with Gasteiger partial charge in [0.05, 0.1) is 24.5 Å². The number of nitrogen functional groups attached to an aromatic ring is 1. The number of ether oxygens (including phenoxy) is 1. The second kappa shape index (κ2) is 5.05. The Morgan fingerprint density at radius 3 is 2.55 bits per heavy atom. The minimum atomic E-state index is 0.332. The third kappa shape index (κ3) is 2.08. The first-order valence-corrected chi connectivity index (χ1v) is 6.63. The molecule has 2 N–H and O–H groups in total. The molecule has 0 aliphatic heterocycles. The van der Waals surface area contributed by atoms with E-state index in [0.717, 1.165) is 22.4 Å². The van der Waals surface area contributed by atoms with Gasteiger partial charge in [0.15, 0.2) is 16.2 Å². The van der Waals surface area contributed by atoms with E-state index in [1.165, 1.54) is 0 Å². The summed E-state index contributed by atoms with van der Waals surface area (Å²) in [5.41, 5.74) is 8.31. The summed E-state index contributed by atoms with van der Waals surface area (Å²) >= 11 is 3.33. The van der Waals surface area contributed by atoms with Crippen molar-refractivity contribution in [1.82, 2.24) is 5.16 Å². The third-order valence-corrected chi connectivity index (χ3v) is 3.57. The van der Waals surface area contributed by atoms with E-state index in [0.29, 0.717) is 16.2 Å². The normalized spacial score (nSPS) is 10.7. The molecular weight excluding hydrogens is 324 g/mol. The van der Waals surface area contributed by atoms with Crippen molar-refractivity contribution in [2.75, 3.05) is 12.8 Å². The molecule has 0 saturated carbocycles. The number of anilines is 1. The van der Waals surface area contributed by atoms with Gasteiger partial charge in [-0.1, -0.05) is 17.3 Å². The summed E-state index contributed by atoms with van der Waals surface area (Å²) in [5.74, 6) is 1.67. The van der Waals surface area contributed by atoms with Crippen LogP contribution in [0.3, 0.4) is 0 Å². The molecule has 2 heterocycles. The zero-order chi connectivity index (χ0) is 14.1. The van der Waals surface area contributed by atoms with Gasteiger partial charge in [-0.3, -0.25) is 0 Å². The van der Waals surface area contributed by atoms with Crippen molar-refractivity contribution in [3.8, 4) is 28.2 Å². The highest BCUT2D eigenvalue weighted by atomic mass is 79.9. The molecule has 3 aromatic rings. The lowest BCUT2D eigenvalue weighted by molar-refractivity contribution is 0.415. The number of aromatic nitrogens is 1. The number of nitrogens with two attached hydrogens (primary N) is 1. The van der Waals surface area contributed by atoms with Crippen LogP contribution in [-0.2, 0) is 0 Å². The molecule has 0 amide bonds. The summed E-state index contributed by atoms with van der Waals surface area (Å²) in [6, 6.07) is 9.31. The number of hydrogen-bond donors (Lipinski definition) is 1. The number of rotatable bonds is 3. The van der Waals surface area contributed by atoms with E-state index in [-0.39, 0.29) is 0 Å². The second-order valence-corrected chi connectivity index (χ2v) is 4.83. The van der Waals surface area contributed by atoms with Crippen LogP contribution in [0, 0.1) is 0 Å². The molecular formula is C14H11BrN2O3. The molecule has 1 aromatic carbocycles. The number of furan rings is 1. The van der Waals surface area contributed by atoms with E-state index >= 15 is 0 Å². The molecule has 0 unspecified atom stereocenters. The van der Waals surface area contributed by atoms with Gasteiger partial charge in [-0.05, 0) is 39.7 Å². The standard InChI is InChI=1S/C14H11BrN2O3/c1-18-9-4-2-8(3-5-9)11-12(20-17-14(11)16)10-6-7-19-13(10)15/h2-7H,1H3,(H2,16,17). The van der Waals surface area contributed by atoms with Crippen LogP contribution in [0.15, 0.2) is 50.2 Å². The fourth-order valence-corrected chi connectivity index (χ4v) is 2.40. The lowest BCUT2D eigenvalue weighted by atomic mass is 10.0. The lowest BCUT2D eigenvalue weighted by Gasteiger charge is -2.03. The maximum atomic E-state index is 5.92.